The highest BCUT2D eigenvalue weighted by molar-refractivity contribution is 7.98. The van der Waals surface area contributed by atoms with Crippen LogP contribution in [0.2, 0.25) is 0 Å². The van der Waals surface area contributed by atoms with E-state index < -0.39 is 11.8 Å². The number of benzene rings is 2. The molecule has 0 unspecified atom stereocenters. The third-order valence-electron chi connectivity index (χ3n) is 4.09. The molecule has 1 atom stereocenters. The first-order valence-electron chi connectivity index (χ1n) is 8.53. The normalized spacial score (nSPS) is 11.6. The molecule has 2 amide bonds. The zero-order valence-electron chi connectivity index (χ0n) is 14.8. The molecular weight excluding hydrogens is 348 g/mol. The molecule has 2 aromatic carbocycles. The van der Waals surface area contributed by atoms with Crippen molar-refractivity contribution < 1.29 is 14.7 Å². The molecule has 5 nitrogen and oxygen atoms in total. The number of carbonyl (C=O) groups excluding carboxylic acids is 2. The first kappa shape index (κ1) is 20.0. The standard InChI is InChI=1S/C20H24N2O3S/c1-26-18-10-6-5-9-17(18)22-20(25)19(24)21-13-11-16(12-14-23)15-7-3-2-4-8-15/h2-10,16,23H,11-14H2,1H3,(H,21,24)(H,22,25)/t16-/m1/s1. The molecule has 0 aliphatic rings. The highest BCUT2D eigenvalue weighted by atomic mass is 32.2. The van der Waals surface area contributed by atoms with Crippen molar-refractivity contribution >= 4 is 29.3 Å². The minimum absolute atomic E-state index is 0.0828. The SMILES string of the molecule is CSc1ccccc1NC(=O)C(=O)NCC[C@H](CCO)c1ccccc1. The molecule has 0 bridgehead atoms. The fraction of sp³-hybridized carbons (Fsp3) is 0.300. The number of amides is 2. The Morgan fingerprint density at radius 2 is 1.69 bits per heavy atom. The summed E-state index contributed by atoms with van der Waals surface area (Å²) in [6.45, 7) is 0.454. The number of aliphatic hydroxyl groups excluding tert-OH is 1. The van der Waals surface area contributed by atoms with Crippen molar-refractivity contribution in [1.82, 2.24) is 5.32 Å². The highest BCUT2D eigenvalue weighted by Crippen LogP contribution is 2.24. The largest absolute Gasteiger partial charge is 0.396 e. The zero-order chi connectivity index (χ0) is 18.8. The van der Waals surface area contributed by atoms with Crippen LogP contribution in [0, 0.1) is 0 Å². The fourth-order valence-corrected chi connectivity index (χ4v) is 3.28. The van der Waals surface area contributed by atoms with Gasteiger partial charge in [0.1, 0.15) is 0 Å². The Morgan fingerprint density at radius 3 is 2.38 bits per heavy atom. The van der Waals surface area contributed by atoms with E-state index >= 15 is 0 Å². The Balaban J connectivity index is 1.86. The molecule has 2 aromatic rings. The maximum atomic E-state index is 12.1. The lowest BCUT2D eigenvalue weighted by atomic mass is 9.93. The van der Waals surface area contributed by atoms with Crippen LogP contribution in [0.25, 0.3) is 0 Å². The highest BCUT2D eigenvalue weighted by Gasteiger charge is 2.16. The minimum atomic E-state index is -0.676. The lowest BCUT2D eigenvalue weighted by Gasteiger charge is -2.16. The van der Waals surface area contributed by atoms with E-state index in [1.54, 1.807) is 6.07 Å². The first-order valence-corrected chi connectivity index (χ1v) is 9.76. The molecule has 0 spiro atoms. The van der Waals surface area contributed by atoms with E-state index in [-0.39, 0.29) is 12.5 Å². The molecule has 0 aromatic heterocycles. The quantitative estimate of drug-likeness (QED) is 0.492. The molecule has 0 aliphatic carbocycles. The predicted octanol–water partition coefficient (Wildman–Crippen LogP) is 3.02. The third kappa shape index (κ3) is 5.89. The van der Waals surface area contributed by atoms with Crippen LogP contribution >= 0.6 is 11.8 Å². The van der Waals surface area contributed by atoms with Crippen molar-refractivity contribution in [2.24, 2.45) is 0 Å². The second-order valence-electron chi connectivity index (χ2n) is 5.82. The molecule has 0 saturated heterocycles. The van der Waals surface area contributed by atoms with Gasteiger partial charge in [0.25, 0.3) is 0 Å². The van der Waals surface area contributed by atoms with Crippen LogP contribution in [0.5, 0.6) is 0 Å². The van der Waals surface area contributed by atoms with E-state index in [4.69, 9.17) is 0 Å². The number of hydrogen-bond acceptors (Lipinski definition) is 4. The van der Waals surface area contributed by atoms with Crippen molar-refractivity contribution in [3.63, 3.8) is 0 Å². The summed E-state index contributed by atoms with van der Waals surface area (Å²) >= 11 is 1.50. The molecule has 0 heterocycles. The predicted molar refractivity (Wildman–Crippen MR) is 105 cm³/mol. The second-order valence-corrected chi connectivity index (χ2v) is 6.67. The second kappa shape index (κ2) is 10.6. The van der Waals surface area contributed by atoms with Crippen molar-refractivity contribution in [3.05, 3.63) is 60.2 Å². The van der Waals surface area contributed by atoms with Crippen LogP contribution in [0.3, 0.4) is 0 Å². The summed E-state index contributed by atoms with van der Waals surface area (Å²) < 4.78 is 0. The van der Waals surface area contributed by atoms with Crippen LogP contribution in [0.15, 0.2) is 59.5 Å². The molecular formula is C20H24N2O3S. The van der Waals surface area contributed by atoms with Gasteiger partial charge in [-0.15, -0.1) is 11.8 Å². The summed E-state index contributed by atoms with van der Waals surface area (Å²) in [5.41, 5.74) is 1.75. The van der Waals surface area contributed by atoms with Gasteiger partial charge in [-0.1, -0.05) is 42.5 Å². The van der Waals surface area contributed by atoms with Crippen LogP contribution in [0.1, 0.15) is 24.3 Å². The monoisotopic (exact) mass is 372 g/mol. The Hall–Kier alpha value is -2.31. The molecule has 26 heavy (non-hydrogen) atoms. The van der Waals surface area contributed by atoms with Crippen LogP contribution < -0.4 is 10.6 Å². The topological polar surface area (TPSA) is 78.4 Å². The lowest BCUT2D eigenvalue weighted by Crippen LogP contribution is -2.36. The molecule has 0 saturated carbocycles. The number of aliphatic hydroxyl groups is 1. The Kier molecular flexibility index (Phi) is 8.18. The summed E-state index contributed by atoms with van der Waals surface area (Å²) in [6.07, 6.45) is 3.19. The van der Waals surface area contributed by atoms with E-state index in [0.717, 1.165) is 10.5 Å². The summed E-state index contributed by atoms with van der Waals surface area (Å²) in [7, 11) is 0. The van der Waals surface area contributed by atoms with E-state index in [2.05, 4.69) is 10.6 Å². The minimum Gasteiger partial charge on any atom is -0.396 e. The maximum absolute atomic E-state index is 12.1. The van der Waals surface area contributed by atoms with E-state index in [9.17, 15) is 14.7 Å². The van der Waals surface area contributed by atoms with Gasteiger partial charge in [0.2, 0.25) is 0 Å². The lowest BCUT2D eigenvalue weighted by molar-refractivity contribution is -0.136. The maximum Gasteiger partial charge on any atom is 0.313 e. The smallest absolute Gasteiger partial charge is 0.313 e. The van der Waals surface area contributed by atoms with Gasteiger partial charge < -0.3 is 15.7 Å². The van der Waals surface area contributed by atoms with Crippen LogP contribution in [0.4, 0.5) is 5.69 Å². The van der Waals surface area contributed by atoms with Crippen molar-refractivity contribution in [1.29, 1.82) is 0 Å². The third-order valence-corrected chi connectivity index (χ3v) is 4.88. The van der Waals surface area contributed by atoms with Gasteiger partial charge in [-0.2, -0.15) is 0 Å². The Labute approximate surface area is 158 Å². The van der Waals surface area contributed by atoms with Crippen LogP contribution in [-0.4, -0.2) is 36.3 Å². The number of thioether (sulfide) groups is 1. The molecule has 3 N–H and O–H groups in total. The van der Waals surface area contributed by atoms with Gasteiger partial charge in [0.05, 0.1) is 5.69 Å². The summed E-state index contributed by atoms with van der Waals surface area (Å²) in [5.74, 6) is -1.19. The number of para-hydroxylation sites is 1. The number of nitrogens with one attached hydrogen (secondary N) is 2. The van der Waals surface area contributed by atoms with Gasteiger partial charge in [-0.25, -0.2) is 0 Å². The average Bonchev–Trinajstić information content (AvgIpc) is 2.68. The number of rotatable bonds is 8. The first-order chi connectivity index (χ1) is 12.7. The Morgan fingerprint density at radius 1 is 1.00 bits per heavy atom. The molecule has 0 radical (unpaired) electrons. The number of carbonyl (C=O) groups is 2. The number of hydrogen-bond donors (Lipinski definition) is 3. The van der Waals surface area contributed by atoms with Gasteiger partial charge in [0.15, 0.2) is 0 Å². The fourth-order valence-electron chi connectivity index (χ4n) is 2.73. The molecule has 2 rings (SSSR count). The summed E-state index contributed by atoms with van der Waals surface area (Å²) in [4.78, 5) is 25.0. The van der Waals surface area contributed by atoms with Crippen molar-refractivity contribution in [3.8, 4) is 0 Å². The van der Waals surface area contributed by atoms with E-state index in [1.165, 1.54) is 11.8 Å². The summed E-state index contributed by atoms with van der Waals surface area (Å²) in [5, 5.41) is 14.6. The summed E-state index contributed by atoms with van der Waals surface area (Å²) in [6, 6.07) is 17.2. The van der Waals surface area contributed by atoms with Crippen molar-refractivity contribution in [2.45, 2.75) is 23.7 Å². The van der Waals surface area contributed by atoms with Gasteiger partial charge in [-0.05, 0) is 42.7 Å². The van der Waals surface area contributed by atoms with E-state index in [0.29, 0.717) is 25.1 Å². The zero-order valence-corrected chi connectivity index (χ0v) is 15.6. The number of anilines is 1. The van der Waals surface area contributed by atoms with Gasteiger partial charge in [0, 0.05) is 18.0 Å². The molecule has 138 valence electrons. The Bertz CT molecular complexity index is 722. The average molecular weight is 372 g/mol. The van der Waals surface area contributed by atoms with E-state index in [1.807, 2.05) is 54.8 Å². The molecule has 0 aliphatic heterocycles. The van der Waals surface area contributed by atoms with Crippen LogP contribution in [-0.2, 0) is 9.59 Å². The molecule has 0 fully saturated rings. The van der Waals surface area contributed by atoms with Crippen molar-refractivity contribution in [2.75, 3.05) is 24.7 Å². The van der Waals surface area contributed by atoms with Gasteiger partial charge >= 0.3 is 11.8 Å². The molecule has 6 heteroatoms. The van der Waals surface area contributed by atoms with Gasteiger partial charge in [-0.3, -0.25) is 9.59 Å².